The van der Waals surface area contributed by atoms with Crippen LogP contribution in [0.25, 0.3) is 0 Å². The minimum absolute atomic E-state index is 0.0534. The summed E-state index contributed by atoms with van der Waals surface area (Å²) in [7, 11) is 1.62. The van der Waals surface area contributed by atoms with Gasteiger partial charge < -0.3 is 24.7 Å². The Morgan fingerprint density at radius 3 is 2.54 bits per heavy atom. The molecule has 2 saturated heterocycles. The zero-order valence-corrected chi connectivity index (χ0v) is 20.0. The highest BCUT2D eigenvalue weighted by Gasteiger charge is 2.41. The van der Waals surface area contributed by atoms with Crippen molar-refractivity contribution in [2.75, 3.05) is 12.0 Å². The van der Waals surface area contributed by atoms with Gasteiger partial charge in [0, 0.05) is 35.4 Å². The first-order valence-corrected chi connectivity index (χ1v) is 12.0. The highest BCUT2D eigenvalue weighted by molar-refractivity contribution is 5.96. The van der Waals surface area contributed by atoms with Crippen molar-refractivity contribution in [2.45, 2.75) is 57.3 Å². The maximum Gasteiger partial charge on any atom is 0.253 e. The Morgan fingerprint density at radius 2 is 1.89 bits per heavy atom. The molecule has 3 aromatic rings. The van der Waals surface area contributed by atoms with Crippen molar-refractivity contribution < 1.29 is 18.7 Å². The number of methoxy groups -OCH3 is 1. The van der Waals surface area contributed by atoms with Gasteiger partial charge >= 0.3 is 0 Å². The van der Waals surface area contributed by atoms with E-state index in [4.69, 9.17) is 9.15 Å². The van der Waals surface area contributed by atoms with Crippen LogP contribution in [0.1, 0.15) is 57.7 Å². The Balaban J connectivity index is 1.20. The molecule has 1 aromatic carbocycles. The predicted molar refractivity (Wildman–Crippen MR) is 132 cm³/mol. The molecule has 0 aliphatic carbocycles. The van der Waals surface area contributed by atoms with Gasteiger partial charge in [0.15, 0.2) is 0 Å². The quantitative estimate of drug-likeness (QED) is 0.540. The Kier molecular flexibility index (Phi) is 6.44. The molecule has 2 atom stereocenters. The third-order valence-electron chi connectivity index (χ3n) is 7.09. The van der Waals surface area contributed by atoms with Crippen molar-refractivity contribution in [2.24, 2.45) is 0 Å². The molecule has 8 nitrogen and oxygen atoms in total. The lowest BCUT2D eigenvalue weighted by Crippen LogP contribution is -2.50. The summed E-state index contributed by atoms with van der Waals surface area (Å²) in [6, 6.07) is 13.7. The van der Waals surface area contributed by atoms with E-state index in [2.05, 4.69) is 20.5 Å². The second-order valence-electron chi connectivity index (χ2n) is 9.23. The van der Waals surface area contributed by atoms with Gasteiger partial charge in [-0.05, 0) is 69.0 Å². The molecule has 4 heterocycles. The smallest absolute Gasteiger partial charge is 0.253 e. The monoisotopic (exact) mass is 474 g/mol. The lowest BCUT2D eigenvalue weighted by Gasteiger charge is -2.40. The van der Waals surface area contributed by atoms with Crippen LogP contribution in [0, 0.1) is 6.92 Å². The number of rotatable bonds is 7. The number of furan rings is 1. The van der Waals surface area contributed by atoms with Gasteiger partial charge in [-0.3, -0.25) is 9.59 Å². The number of pyridine rings is 1. The van der Waals surface area contributed by atoms with Gasteiger partial charge in [-0.15, -0.1) is 0 Å². The largest absolute Gasteiger partial charge is 0.496 e. The number of piperidine rings is 1. The van der Waals surface area contributed by atoms with Crippen LogP contribution in [-0.4, -0.2) is 42.0 Å². The Labute approximate surface area is 204 Å². The van der Waals surface area contributed by atoms with E-state index >= 15 is 0 Å². The van der Waals surface area contributed by atoms with Crippen molar-refractivity contribution in [1.29, 1.82) is 0 Å². The number of carbonyl (C=O) groups is 2. The van der Waals surface area contributed by atoms with Crippen LogP contribution in [0.15, 0.2) is 59.3 Å². The summed E-state index contributed by atoms with van der Waals surface area (Å²) in [5, 5.41) is 6.09. The molecule has 35 heavy (non-hydrogen) atoms. The summed E-state index contributed by atoms with van der Waals surface area (Å²) in [5.41, 5.74) is 2.02. The molecular formula is C27H30N4O4. The molecule has 2 fully saturated rings. The third kappa shape index (κ3) is 4.73. The summed E-state index contributed by atoms with van der Waals surface area (Å²) in [6.45, 7) is 2.25. The molecule has 2 bridgehead atoms. The van der Waals surface area contributed by atoms with Gasteiger partial charge in [0.05, 0.1) is 25.5 Å². The van der Waals surface area contributed by atoms with E-state index in [0.717, 1.165) is 42.8 Å². The van der Waals surface area contributed by atoms with E-state index in [1.54, 1.807) is 25.6 Å². The van der Waals surface area contributed by atoms with Crippen molar-refractivity contribution in [3.8, 4) is 5.75 Å². The number of nitrogens with zero attached hydrogens (tertiary/aromatic N) is 2. The van der Waals surface area contributed by atoms with Gasteiger partial charge in [-0.2, -0.15) is 0 Å². The van der Waals surface area contributed by atoms with Crippen molar-refractivity contribution in [3.05, 3.63) is 77.4 Å². The molecule has 0 saturated carbocycles. The van der Waals surface area contributed by atoms with Crippen molar-refractivity contribution >= 4 is 17.6 Å². The van der Waals surface area contributed by atoms with Crippen LogP contribution >= 0.6 is 0 Å². The van der Waals surface area contributed by atoms with Crippen molar-refractivity contribution in [1.82, 2.24) is 15.6 Å². The van der Waals surface area contributed by atoms with E-state index in [0.29, 0.717) is 35.5 Å². The van der Waals surface area contributed by atoms with E-state index in [9.17, 15) is 9.59 Å². The summed E-state index contributed by atoms with van der Waals surface area (Å²) in [6.07, 6.45) is 7.10. The van der Waals surface area contributed by atoms with Gasteiger partial charge in [-0.25, -0.2) is 4.98 Å². The fraction of sp³-hybridized carbons (Fsp3) is 0.370. The zero-order chi connectivity index (χ0) is 24.4. The topological polar surface area (TPSA) is 96.7 Å². The fourth-order valence-electron chi connectivity index (χ4n) is 5.37. The molecule has 2 aromatic heterocycles. The number of amides is 2. The number of anilines is 1. The van der Waals surface area contributed by atoms with Crippen LogP contribution in [0.4, 0.5) is 5.82 Å². The van der Waals surface area contributed by atoms with Crippen LogP contribution in [-0.2, 0) is 6.54 Å². The van der Waals surface area contributed by atoms with E-state index in [1.807, 2.05) is 43.3 Å². The zero-order valence-electron chi connectivity index (χ0n) is 20.0. The molecule has 0 spiro atoms. The molecule has 2 N–H and O–H groups in total. The predicted octanol–water partition coefficient (Wildman–Crippen LogP) is 3.85. The third-order valence-corrected chi connectivity index (χ3v) is 7.09. The van der Waals surface area contributed by atoms with Gasteiger partial charge in [-0.1, -0.05) is 6.07 Å². The average Bonchev–Trinajstić information content (AvgIpc) is 3.48. The van der Waals surface area contributed by atoms with Gasteiger partial charge in [0.1, 0.15) is 17.3 Å². The van der Waals surface area contributed by atoms with E-state index in [-0.39, 0.29) is 17.9 Å². The molecule has 2 aliphatic heterocycles. The average molecular weight is 475 g/mol. The SMILES string of the molecule is COc1cccc(C(=O)NC2CC3CCC(C2)N3c2ccc(C(=O)NCc3ccco3)cn2)c1C. The summed E-state index contributed by atoms with van der Waals surface area (Å²) >= 11 is 0. The van der Waals surface area contributed by atoms with Gasteiger partial charge in [0.25, 0.3) is 11.8 Å². The Morgan fingerprint density at radius 1 is 1.09 bits per heavy atom. The minimum atomic E-state index is -0.183. The number of aromatic nitrogens is 1. The normalized spacial score (nSPS) is 21.0. The highest BCUT2D eigenvalue weighted by Crippen LogP contribution is 2.38. The van der Waals surface area contributed by atoms with Crippen LogP contribution < -0.4 is 20.3 Å². The number of carbonyl (C=O) groups excluding carboxylic acids is 2. The first kappa shape index (κ1) is 23.0. The van der Waals surface area contributed by atoms with Crippen molar-refractivity contribution in [3.63, 3.8) is 0 Å². The Bertz CT molecular complexity index is 1180. The molecule has 8 heteroatoms. The molecule has 2 aliphatic rings. The second-order valence-corrected chi connectivity index (χ2v) is 9.23. The second kappa shape index (κ2) is 9.82. The maximum atomic E-state index is 13.0. The molecule has 2 amide bonds. The van der Waals surface area contributed by atoms with E-state index < -0.39 is 0 Å². The first-order valence-electron chi connectivity index (χ1n) is 12.0. The molecule has 2 unspecified atom stereocenters. The van der Waals surface area contributed by atoms with Crippen LogP contribution in [0.3, 0.4) is 0 Å². The fourth-order valence-corrected chi connectivity index (χ4v) is 5.37. The molecule has 5 rings (SSSR count). The maximum absolute atomic E-state index is 13.0. The number of ether oxygens (including phenoxy) is 1. The number of hydrogen-bond donors (Lipinski definition) is 2. The standard InChI is InChI=1S/C27H30N4O4/c1-17-23(6-3-7-24(17)34-2)27(33)30-19-13-20-9-10-21(14-19)31(20)25-11-8-18(15-28-25)26(32)29-16-22-5-4-12-35-22/h3-8,11-12,15,19-21H,9-10,13-14,16H2,1-2H3,(H,29,32)(H,30,33). The number of benzene rings is 1. The number of nitrogens with one attached hydrogen (secondary N) is 2. The summed E-state index contributed by atoms with van der Waals surface area (Å²) < 4.78 is 10.6. The van der Waals surface area contributed by atoms with Crippen LogP contribution in [0.5, 0.6) is 5.75 Å². The van der Waals surface area contributed by atoms with Gasteiger partial charge in [0.2, 0.25) is 0 Å². The number of hydrogen-bond acceptors (Lipinski definition) is 6. The Hall–Kier alpha value is -3.81. The highest BCUT2D eigenvalue weighted by atomic mass is 16.5. The minimum Gasteiger partial charge on any atom is -0.496 e. The van der Waals surface area contributed by atoms with Crippen LogP contribution in [0.2, 0.25) is 0 Å². The summed E-state index contributed by atoms with van der Waals surface area (Å²) in [4.78, 5) is 32.4. The molecular weight excluding hydrogens is 444 g/mol. The number of fused-ring (bicyclic) bond motifs is 2. The lowest BCUT2D eigenvalue weighted by atomic mass is 9.96. The van der Waals surface area contributed by atoms with E-state index in [1.165, 1.54) is 0 Å². The molecule has 182 valence electrons. The summed E-state index contributed by atoms with van der Waals surface area (Å²) in [5.74, 6) is 2.07. The molecule has 0 radical (unpaired) electrons. The lowest BCUT2D eigenvalue weighted by molar-refractivity contribution is 0.0923. The first-order chi connectivity index (χ1) is 17.0.